The minimum absolute atomic E-state index is 0.188. The molecule has 1 fully saturated rings. The predicted molar refractivity (Wildman–Crippen MR) is 114 cm³/mol. The molecular weight excluding hydrogens is 380 g/mol. The Morgan fingerprint density at radius 2 is 1.73 bits per heavy atom. The number of hydrogen-bond donors (Lipinski definition) is 0. The number of benzene rings is 2. The number of aromatic nitrogens is 4. The van der Waals surface area contributed by atoms with Gasteiger partial charge in [-0.2, -0.15) is 4.80 Å². The molecule has 156 valence electrons. The molecule has 0 unspecified atom stereocenters. The van der Waals surface area contributed by atoms with Crippen molar-refractivity contribution in [2.45, 2.75) is 19.4 Å². The third-order valence-corrected chi connectivity index (χ3v) is 5.30. The zero-order valence-corrected chi connectivity index (χ0v) is 17.1. The Balaban J connectivity index is 1.21. The van der Waals surface area contributed by atoms with E-state index in [-0.39, 0.29) is 5.91 Å². The second-order valence-corrected chi connectivity index (χ2v) is 7.24. The van der Waals surface area contributed by atoms with Gasteiger partial charge in [0.15, 0.2) is 0 Å². The number of tetrazole rings is 1. The minimum atomic E-state index is 0.188. The van der Waals surface area contributed by atoms with Crippen LogP contribution in [0.2, 0.25) is 0 Å². The van der Waals surface area contributed by atoms with Crippen LogP contribution in [0.15, 0.2) is 54.6 Å². The Labute approximate surface area is 176 Å². The van der Waals surface area contributed by atoms with Crippen LogP contribution < -0.4 is 9.64 Å². The molecule has 2 heterocycles. The first kappa shape index (κ1) is 19.9. The van der Waals surface area contributed by atoms with Gasteiger partial charge < -0.3 is 14.5 Å². The van der Waals surface area contributed by atoms with Gasteiger partial charge in [-0.1, -0.05) is 30.3 Å². The van der Waals surface area contributed by atoms with Crippen LogP contribution in [-0.4, -0.2) is 64.3 Å². The van der Waals surface area contributed by atoms with Crippen LogP contribution in [0.3, 0.4) is 0 Å². The Morgan fingerprint density at radius 3 is 2.43 bits per heavy atom. The van der Waals surface area contributed by atoms with E-state index in [4.69, 9.17) is 4.74 Å². The van der Waals surface area contributed by atoms with Crippen LogP contribution in [0.5, 0.6) is 5.75 Å². The Kier molecular flexibility index (Phi) is 6.22. The molecule has 2 aromatic carbocycles. The molecule has 0 radical (unpaired) electrons. The average Bonchev–Trinajstić information content (AvgIpc) is 3.29. The van der Waals surface area contributed by atoms with Gasteiger partial charge in [-0.05, 0) is 35.9 Å². The maximum atomic E-state index is 12.6. The van der Waals surface area contributed by atoms with Crippen molar-refractivity contribution < 1.29 is 9.53 Å². The number of piperazine rings is 1. The quantitative estimate of drug-likeness (QED) is 0.600. The van der Waals surface area contributed by atoms with E-state index in [1.807, 2.05) is 47.4 Å². The number of methoxy groups -OCH3 is 1. The SMILES string of the molecule is COc1ccc(N2CCN(C(=O)CCCn3nnc(-c4ccccc4)n3)CC2)cc1. The summed E-state index contributed by atoms with van der Waals surface area (Å²) in [5, 5.41) is 12.6. The highest BCUT2D eigenvalue weighted by atomic mass is 16.5. The molecule has 3 aromatic rings. The minimum Gasteiger partial charge on any atom is -0.497 e. The van der Waals surface area contributed by atoms with Crippen molar-refractivity contribution in [3.63, 3.8) is 0 Å². The first-order chi connectivity index (χ1) is 14.7. The Morgan fingerprint density at radius 1 is 1.00 bits per heavy atom. The van der Waals surface area contributed by atoms with E-state index in [0.717, 1.165) is 43.2 Å². The fourth-order valence-corrected chi connectivity index (χ4v) is 3.58. The number of anilines is 1. The molecule has 0 bridgehead atoms. The summed E-state index contributed by atoms with van der Waals surface area (Å²) in [6.45, 7) is 3.73. The van der Waals surface area contributed by atoms with Gasteiger partial charge in [0.05, 0.1) is 13.7 Å². The molecule has 0 aliphatic carbocycles. The van der Waals surface area contributed by atoms with E-state index in [1.54, 1.807) is 11.9 Å². The molecule has 30 heavy (non-hydrogen) atoms. The number of amides is 1. The fourth-order valence-electron chi connectivity index (χ4n) is 3.58. The van der Waals surface area contributed by atoms with Crippen LogP contribution >= 0.6 is 0 Å². The molecule has 1 aliphatic heterocycles. The molecular formula is C22H26N6O2. The van der Waals surface area contributed by atoms with Gasteiger partial charge >= 0.3 is 0 Å². The summed E-state index contributed by atoms with van der Waals surface area (Å²) in [7, 11) is 1.67. The standard InChI is InChI=1S/C22H26N6O2/c1-30-20-11-9-19(10-12-20)26-14-16-27(17-15-26)21(29)8-5-13-28-24-22(23-25-28)18-6-3-2-4-7-18/h2-4,6-7,9-12H,5,8,13-17H2,1H3. The lowest BCUT2D eigenvalue weighted by atomic mass is 10.2. The maximum Gasteiger partial charge on any atom is 0.222 e. The third kappa shape index (κ3) is 4.76. The Bertz CT molecular complexity index is 949. The van der Waals surface area contributed by atoms with Gasteiger partial charge in [-0.3, -0.25) is 4.79 Å². The molecule has 0 saturated carbocycles. The van der Waals surface area contributed by atoms with Crippen LogP contribution in [-0.2, 0) is 11.3 Å². The topological polar surface area (TPSA) is 76.4 Å². The van der Waals surface area contributed by atoms with Gasteiger partial charge in [0, 0.05) is 43.9 Å². The predicted octanol–water partition coefficient (Wildman–Crippen LogP) is 2.48. The van der Waals surface area contributed by atoms with Crippen molar-refractivity contribution in [1.29, 1.82) is 0 Å². The van der Waals surface area contributed by atoms with E-state index >= 15 is 0 Å². The molecule has 8 nitrogen and oxygen atoms in total. The monoisotopic (exact) mass is 406 g/mol. The number of aryl methyl sites for hydroxylation is 1. The molecule has 1 aromatic heterocycles. The van der Waals surface area contributed by atoms with E-state index in [1.165, 1.54) is 0 Å². The van der Waals surface area contributed by atoms with Crippen molar-refractivity contribution in [3.05, 3.63) is 54.6 Å². The number of hydrogen-bond acceptors (Lipinski definition) is 6. The number of carbonyl (C=O) groups is 1. The summed E-state index contributed by atoms with van der Waals surface area (Å²) in [6.07, 6.45) is 1.19. The van der Waals surface area contributed by atoms with E-state index in [9.17, 15) is 4.79 Å². The molecule has 1 saturated heterocycles. The van der Waals surface area contributed by atoms with Crippen LogP contribution in [0.1, 0.15) is 12.8 Å². The molecule has 8 heteroatoms. The lowest BCUT2D eigenvalue weighted by Gasteiger charge is -2.36. The highest BCUT2D eigenvalue weighted by molar-refractivity contribution is 5.76. The highest BCUT2D eigenvalue weighted by Crippen LogP contribution is 2.20. The largest absolute Gasteiger partial charge is 0.497 e. The lowest BCUT2D eigenvalue weighted by Crippen LogP contribution is -2.48. The number of rotatable bonds is 7. The lowest BCUT2D eigenvalue weighted by molar-refractivity contribution is -0.131. The highest BCUT2D eigenvalue weighted by Gasteiger charge is 2.21. The van der Waals surface area contributed by atoms with Gasteiger partial charge in [0.2, 0.25) is 11.7 Å². The van der Waals surface area contributed by atoms with Crippen molar-refractivity contribution in [3.8, 4) is 17.1 Å². The smallest absolute Gasteiger partial charge is 0.222 e. The van der Waals surface area contributed by atoms with Gasteiger partial charge in [-0.15, -0.1) is 10.2 Å². The average molecular weight is 406 g/mol. The summed E-state index contributed by atoms with van der Waals surface area (Å²) in [5.41, 5.74) is 2.10. The van der Waals surface area contributed by atoms with Crippen LogP contribution in [0, 0.1) is 0 Å². The number of carbonyl (C=O) groups excluding carboxylic acids is 1. The number of ether oxygens (including phenoxy) is 1. The normalized spacial score (nSPS) is 14.0. The fraction of sp³-hybridized carbons (Fsp3) is 0.364. The number of nitrogens with zero attached hydrogens (tertiary/aromatic N) is 6. The van der Waals surface area contributed by atoms with Crippen LogP contribution in [0.4, 0.5) is 5.69 Å². The summed E-state index contributed by atoms with van der Waals surface area (Å²) >= 11 is 0. The molecule has 0 atom stereocenters. The third-order valence-electron chi connectivity index (χ3n) is 5.30. The Hall–Kier alpha value is -3.42. The first-order valence-corrected chi connectivity index (χ1v) is 10.2. The zero-order chi connectivity index (χ0) is 20.8. The van der Waals surface area contributed by atoms with E-state index < -0.39 is 0 Å². The summed E-state index contributed by atoms with van der Waals surface area (Å²) < 4.78 is 5.21. The van der Waals surface area contributed by atoms with Gasteiger partial charge in [0.1, 0.15) is 5.75 Å². The van der Waals surface area contributed by atoms with Gasteiger partial charge in [-0.25, -0.2) is 0 Å². The summed E-state index contributed by atoms with van der Waals surface area (Å²) in [6, 6.07) is 17.8. The second-order valence-electron chi connectivity index (χ2n) is 7.24. The van der Waals surface area contributed by atoms with Crippen molar-refractivity contribution in [1.82, 2.24) is 25.1 Å². The van der Waals surface area contributed by atoms with Gasteiger partial charge in [0.25, 0.3) is 0 Å². The molecule has 4 rings (SSSR count). The van der Waals surface area contributed by atoms with Crippen LogP contribution in [0.25, 0.3) is 11.4 Å². The van der Waals surface area contributed by atoms with E-state index in [0.29, 0.717) is 25.2 Å². The molecule has 0 N–H and O–H groups in total. The maximum absolute atomic E-state index is 12.6. The summed E-state index contributed by atoms with van der Waals surface area (Å²) in [5.74, 6) is 1.65. The molecule has 1 aliphatic rings. The molecule has 1 amide bonds. The second kappa shape index (κ2) is 9.39. The zero-order valence-electron chi connectivity index (χ0n) is 17.1. The summed E-state index contributed by atoms with van der Waals surface area (Å²) in [4.78, 5) is 18.4. The van der Waals surface area contributed by atoms with Crippen molar-refractivity contribution >= 4 is 11.6 Å². The molecule has 0 spiro atoms. The van der Waals surface area contributed by atoms with E-state index in [2.05, 4.69) is 32.4 Å². The first-order valence-electron chi connectivity index (χ1n) is 10.2. The van der Waals surface area contributed by atoms with Crippen molar-refractivity contribution in [2.24, 2.45) is 0 Å². The van der Waals surface area contributed by atoms with Crippen molar-refractivity contribution in [2.75, 3.05) is 38.2 Å².